The number of nitrogens with zero attached hydrogens (tertiary/aromatic N) is 1. The summed E-state index contributed by atoms with van der Waals surface area (Å²) in [5.41, 5.74) is 5.92. The largest absolute Gasteiger partial charge is 0.415 e. The summed E-state index contributed by atoms with van der Waals surface area (Å²) >= 11 is 6.15. The van der Waals surface area contributed by atoms with Gasteiger partial charge in [0.05, 0.1) is 12.0 Å². The van der Waals surface area contributed by atoms with Crippen molar-refractivity contribution in [1.82, 2.24) is 21.5 Å². The molecule has 10 atom stereocenters. The van der Waals surface area contributed by atoms with E-state index in [1.54, 1.807) is 0 Å². The van der Waals surface area contributed by atoms with E-state index in [-0.39, 0.29) is 56.4 Å². The van der Waals surface area contributed by atoms with E-state index < -0.39 is 66.3 Å². The molecule has 7 nitrogen and oxygen atoms in total. The normalized spacial score (nSPS) is 43.6. The number of amides is 1. The number of hydrazine groups is 1. The Balaban J connectivity index is 1.47. The molecule has 1 amide bonds. The van der Waals surface area contributed by atoms with Gasteiger partial charge in [0.2, 0.25) is 5.91 Å². The van der Waals surface area contributed by atoms with Gasteiger partial charge in [-0.3, -0.25) is 15.5 Å². The molecule has 0 aromatic heterocycles. The molecule has 212 valence electrons. The monoisotopic (exact) mass is 561 g/mol. The summed E-state index contributed by atoms with van der Waals surface area (Å²) < 4.78 is 87.3. The lowest BCUT2D eigenvalue weighted by atomic mass is 9.81. The number of hydrogen-bond donors (Lipinski definition) is 4. The van der Waals surface area contributed by atoms with Crippen molar-refractivity contribution >= 4 is 23.5 Å². The number of ether oxygens (including phenoxy) is 1. The van der Waals surface area contributed by atoms with Crippen LogP contribution >= 0.6 is 11.6 Å². The molecule has 10 unspecified atom stereocenters. The van der Waals surface area contributed by atoms with Crippen LogP contribution in [0.15, 0.2) is 4.99 Å². The van der Waals surface area contributed by atoms with Crippen LogP contribution in [0.1, 0.15) is 58.3 Å². The first-order valence-electron chi connectivity index (χ1n) is 12.8. The minimum Gasteiger partial charge on any atom is -0.365 e. The zero-order valence-corrected chi connectivity index (χ0v) is 21.2. The molecule has 2 heterocycles. The Morgan fingerprint density at radius 1 is 0.946 bits per heavy atom. The number of aliphatic imine (C=N–C) groups is 1. The van der Waals surface area contributed by atoms with Crippen molar-refractivity contribution in [2.45, 2.75) is 119 Å². The second-order valence-corrected chi connectivity index (χ2v) is 11.4. The van der Waals surface area contributed by atoms with Crippen LogP contribution in [0, 0.1) is 11.8 Å². The highest BCUT2D eigenvalue weighted by atomic mass is 35.5. The lowest BCUT2D eigenvalue weighted by Gasteiger charge is -2.31. The Bertz CT molecular complexity index is 818. The molecular formula is C23H34ClF6N5O2. The molecule has 0 spiro atoms. The van der Waals surface area contributed by atoms with Crippen molar-refractivity contribution in [3.05, 3.63) is 0 Å². The van der Waals surface area contributed by atoms with Crippen molar-refractivity contribution in [1.29, 1.82) is 0 Å². The van der Waals surface area contributed by atoms with Crippen molar-refractivity contribution in [3.63, 3.8) is 0 Å². The molecule has 4 fully saturated rings. The van der Waals surface area contributed by atoms with Crippen molar-refractivity contribution in [2.75, 3.05) is 0 Å². The highest BCUT2D eigenvalue weighted by Gasteiger charge is 2.53. The third-order valence-corrected chi connectivity index (χ3v) is 7.92. The Morgan fingerprint density at radius 2 is 1.62 bits per heavy atom. The van der Waals surface area contributed by atoms with E-state index >= 15 is 0 Å². The number of nitrogens with one attached hydrogen (secondary N) is 4. The maximum absolute atomic E-state index is 14.1. The second kappa shape index (κ2) is 11.8. The molecule has 2 saturated carbocycles. The highest BCUT2D eigenvalue weighted by molar-refractivity contribution is 6.20. The van der Waals surface area contributed by atoms with Crippen LogP contribution in [0.2, 0.25) is 0 Å². The van der Waals surface area contributed by atoms with Crippen LogP contribution in [0.5, 0.6) is 0 Å². The van der Waals surface area contributed by atoms with E-state index in [2.05, 4.69) is 26.5 Å². The SMILES string of the molecule is CC1CC(C(=O)N/C(=N\C2CC(C3CC(F)CC(F)C3)NN2)NC2CC(F)CC(Cl)C2)C(C(F)(F)F)O1. The molecule has 0 radical (unpaired) electrons. The van der Waals surface area contributed by atoms with Gasteiger partial charge in [-0.15, -0.1) is 11.6 Å². The molecule has 2 saturated heterocycles. The third kappa shape index (κ3) is 7.63. The van der Waals surface area contributed by atoms with E-state index in [9.17, 15) is 31.1 Å². The van der Waals surface area contributed by atoms with E-state index in [1.807, 2.05) is 0 Å². The van der Waals surface area contributed by atoms with Gasteiger partial charge in [-0.1, -0.05) is 0 Å². The smallest absolute Gasteiger partial charge is 0.365 e. The van der Waals surface area contributed by atoms with Gasteiger partial charge in [0, 0.05) is 30.3 Å². The molecule has 0 bridgehead atoms. The topological polar surface area (TPSA) is 86.8 Å². The summed E-state index contributed by atoms with van der Waals surface area (Å²) in [6, 6.07) is -0.774. The van der Waals surface area contributed by atoms with Gasteiger partial charge in [0.1, 0.15) is 24.7 Å². The number of guanidine groups is 1. The first-order valence-corrected chi connectivity index (χ1v) is 13.3. The first kappa shape index (κ1) is 28.7. The molecule has 4 N–H and O–H groups in total. The summed E-state index contributed by atoms with van der Waals surface area (Å²) in [7, 11) is 0. The van der Waals surface area contributed by atoms with Gasteiger partial charge in [-0.05, 0) is 51.4 Å². The molecule has 2 aliphatic heterocycles. The summed E-state index contributed by atoms with van der Waals surface area (Å²) in [4.78, 5) is 17.4. The van der Waals surface area contributed by atoms with Crippen LogP contribution in [0.25, 0.3) is 0 Å². The lowest BCUT2D eigenvalue weighted by molar-refractivity contribution is -0.222. The molecule has 0 aromatic carbocycles. The number of rotatable bonds is 4. The Morgan fingerprint density at radius 3 is 2.27 bits per heavy atom. The Kier molecular flexibility index (Phi) is 9.17. The zero-order chi connectivity index (χ0) is 26.9. The maximum Gasteiger partial charge on any atom is 0.415 e. The van der Waals surface area contributed by atoms with Crippen LogP contribution in [-0.2, 0) is 9.53 Å². The minimum atomic E-state index is -4.72. The summed E-state index contributed by atoms with van der Waals surface area (Å²) in [6.45, 7) is 1.47. The Hall–Kier alpha value is -1.31. The van der Waals surface area contributed by atoms with Crippen LogP contribution in [0.3, 0.4) is 0 Å². The van der Waals surface area contributed by atoms with Gasteiger partial charge >= 0.3 is 6.18 Å². The number of carbonyl (C=O) groups excluding carboxylic acids is 1. The quantitative estimate of drug-likeness (QED) is 0.182. The maximum atomic E-state index is 14.1. The molecule has 37 heavy (non-hydrogen) atoms. The highest BCUT2D eigenvalue weighted by Crippen LogP contribution is 2.38. The van der Waals surface area contributed by atoms with Gasteiger partial charge in [0.15, 0.2) is 12.1 Å². The Labute approximate surface area is 216 Å². The third-order valence-electron chi connectivity index (χ3n) is 7.56. The lowest BCUT2D eigenvalue weighted by Crippen LogP contribution is -2.52. The predicted octanol–water partition coefficient (Wildman–Crippen LogP) is 3.57. The summed E-state index contributed by atoms with van der Waals surface area (Å²) in [5, 5.41) is 4.97. The molecule has 4 aliphatic rings. The van der Waals surface area contributed by atoms with Gasteiger partial charge in [-0.2, -0.15) is 13.2 Å². The second-order valence-electron chi connectivity index (χ2n) is 10.8. The minimum absolute atomic E-state index is 0.101. The zero-order valence-electron chi connectivity index (χ0n) is 20.4. The number of carbonyl (C=O) groups is 1. The van der Waals surface area contributed by atoms with E-state index in [4.69, 9.17) is 16.3 Å². The molecule has 2 aliphatic carbocycles. The molecule has 14 heteroatoms. The molecule has 0 aromatic rings. The first-order chi connectivity index (χ1) is 17.4. The van der Waals surface area contributed by atoms with E-state index in [1.165, 1.54) is 6.92 Å². The van der Waals surface area contributed by atoms with Crippen molar-refractivity contribution in [3.8, 4) is 0 Å². The number of halogens is 7. The predicted molar refractivity (Wildman–Crippen MR) is 125 cm³/mol. The summed E-state index contributed by atoms with van der Waals surface area (Å²) in [6.07, 6.45) is -10.8. The van der Waals surface area contributed by atoms with Crippen LogP contribution < -0.4 is 21.5 Å². The summed E-state index contributed by atoms with van der Waals surface area (Å²) in [5.74, 6) is -2.76. The molecule has 4 rings (SSSR count). The standard InChI is InChI=1S/C23H34ClF6N5O2/c1-10-2-17(20(37-10)23(28,29)30)21(36)33-22(31-16-6-12(24)5-15(27)8-16)32-19-9-18(34-35-19)11-3-13(25)7-14(26)4-11/h10-20,34-35H,2-9H2,1H3,(H2,31,32,33,36). The van der Waals surface area contributed by atoms with Crippen LogP contribution in [0.4, 0.5) is 26.3 Å². The van der Waals surface area contributed by atoms with Crippen LogP contribution in [-0.4, -0.2) is 72.4 Å². The number of alkyl halides is 7. The average molecular weight is 562 g/mol. The molecular weight excluding hydrogens is 528 g/mol. The fourth-order valence-electron chi connectivity index (χ4n) is 5.91. The van der Waals surface area contributed by atoms with Gasteiger partial charge < -0.3 is 10.1 Å². The van der Waals surface area contributed by atoms with E-state index in [0.29, 0.717) is 12.8 Å². The fraction of sp³-hybridized carbons (Fsp3) is 0.913. The van der Waals surface area contributed by atoms with E-state index in [0.717, 1.165) is 0 Å². The average Bonchev–Trinajstić information content (AvgIpc) is 3.39. The van der Waals surface area contributed by atoms with Gasteiger partial charge in [0.25, 0.3) is 0 Å². The van der Waals surface area contributed by atoms with Crippen molar-refractivity contribution < 1.29 is 35.9 Å². The van der Waals surface area contributed by atoms with Gasteiger partial charge in [-0.25, -0.2) is 23.6 Å². The number of hydrogen-bond acceptors (Lipinski definition) is 5. The van der Waals surface area contributed by atoms with Crippen molar-refractivity contribution in [2.24, 2.45) is 16.8 Å². The fourth-order valence-corrected chi connectivity index (χ4v) is 6.31.